The number of halogens is 1. The maximum absolute atomic E-state index is 11.8. The lowest BCUT2D eigenvalue weighted by Gasteiger charge is -2.04. The Morgan fingerprint density at radius 2 is 1.89 bits per heavy atom. The van der Waals surface area contributed by atoms with E-state index in [-0.39, 0.29) is 23.0 Å². The maximum atomic E-state index is 11.8. The molecule has 0 saturated carbocycles. The van der Waals surface area contributed by atoms with Crippen LogP contribution < -0.4 is 10.7 Å². The second-order valence-corrected chi connectivity index (χ2v) is 6.12. The van der Waals surface area contributed by atoms with Crippen LogP contribution in [0.5, 0.6) is 0 Å². The zero-order valence-corrected chi connectivity index (χ0v) is 15.3. The number of hydrogen-bond donors (Lipinski definition) is 3. The standard InChI is InChI=1S/C20H16ClN3O4/c21-17-8-6-13(10-16(17)20(26)27)18-9-7-15(28-18)11-23-24-19(25)12-22-14-4-2-1-3-5-14/h1-11,22H,12H2,(H,24,25)(H,26,27)/b23-11-. The van der Waals surface area contributed by atoms with Gasteiger partial charge in [-0.05, 0) is 42.5 Å². The van der Waals surface area contributed by atoms with Gasteiger partial charge in [-0.1, -0.05) is 29.8 Å². The summed E-state index contributed by atoms with van der Waals surface area (Å²) in [7, 11) is 0. The summed E-state index contributed by atoms with van der Waals surface area (Å²) in [5, 5.41) is 16.1. The van der Waals surface area contributed by atoms with Crippen LogP contribution in [0, 0.1) is 0 Å². The molecule has 8 heteroatoms. The van der Waals surface area contributed by atoms with Crippen molar-refractivity contribution >= 4 is 35.4 Å². The fourth-order valence-electron chi connectivity index (χ4n) is 2.37. The molecule has 1 aromatic heterocycles. The van der Waals surface area contributed by atoms with Crippen LogP contribution >= 0.6 is 11.6 Å². The number of amides is 1. The molecule has 0 aliphatic rings. The number of hydrazone groups is 1. The molecule has 142 valence electrons. The first-order chi connectivity index (χ1) is 13.5. The van der Waals surface area contributed by atoms with Crippen LogP contribution in [0.4, 0.5) is 5.69 Å². The van der Waals surface area contributed by atoms with Crippen LogP contribution in [0.2, 0.25) is 5.02 Å². The first-order valence-electron chi connectivity index (χ1n) is 8.27. The summed E-state index contributed by atoms with van der Waals surface area (Å²) in [6.45, 7) is 0.0769. The minimum atomic E-state index is -1.12. The van der Waals surface area contributed by atoms with E-state index in [2.05, 4.69) is 15.8 Å². The van der Waals surface area contributed by atoms with Crippen LogP contribution in [-0.4, -0.2) is 29.7 Å². The van der Waals surface area contributed by atoms with Crippen LogP contribution in [0.25, 0.3) is 11.3 Å². The van der Waals surface area contributed by atoms with Crippen LogP contribution in [0.1, 0.15) is 16.1 Å². The Labute approximate surface area is 165 Å². The van der Waals surface area contributed by atoms with Crippen molar-refractivity contribution in [2.24, 2.45) is 5.10 Å². The summed E-state index contributed by atoms with van der Waals surface area (Å²) in [6.07, 6.45) is 1.36. The number of rotatable bonds is 7. The summed E-state index contributed by atoms with van der Waals surface area (Å²) in [5.74, 6) is -0.571. The predicted octanol–water partition coefficient (Wildman–Crippen LogP) is 3.86. The van der Waals surface area contributed by atoms with Crippen molar-refractivity contribution in [3.63, 3.8) is 0 Å². The Bertz CT molecular complexity index is 1020. The lowest BCUT2D eigenvalue weighted by molar-refractivity contribution is -0.119. The van der Waals surface area contributed by atoms with Gasteiger partial charge in [-0.2, -0.15) is 5.10 Å². The molecule has 3 rings (SSSR count). The van der Waals surface area contributed by atoms with Gasteiger partial charge in [-0.15, -0.1) is 0 Å². The summed E-state index contributed by atoms with van der Waals surface area (Å²) in [6, 6.07) is 17.3. The highest BCUT2D eigenvalue weighted by atomic mass is 35.5. The van der Waals surface area contributed by atoms with E-state index in [1.165, 1.54) is 18.3 Å². The molecule has 1 heterocycles. The number of hydrogen-bond acceptors (Lipinski definition) is 5. The topological polar surface area (TPSA) is 104 Å². The Morgan fingerprint density at radius 1 is 1.11 bits per heavy atom. The Kier molecular flexibility index (Phi) is 6.08. The third-order valence-electron chi connectivity index (χ3n) is 3.72. The van der Waals surface area contributed by atoms with Crippen molar-refractivity contribution in [1.29, 1.82) is 0 Å². The van der Waals surface area contributed by atoms with Crippen molar-refractivity contribution in [1.82, 2.24) is 5.43 Å². The zero-order valence-electron chi connectivity index (χ0n) is 14.6. The fourth-order valence-corrected chi connectivity index (χ4v) is 2.56. The van der Waals surface area contributed by atoms with Crippen LogP contribution in [0.15, 0.2) is 70.2 Å². The van der Waals surface area contributed by atoms with Crippen molar-refractivity contribution in [3.05, 3.63) is 77.0 Å². The largest absolute Gasteiger partial charge is 0.478 e. The van der Waals surface area contributed by atoms with E-state index in [1.54, 1.807) is 18.2 Å². The Balaban J connectivity index is 1.58. The third-order valence-corrected chi connectivity index (χ3v) is 4.05. The number of para-hydroxylation sites is 1. The number of aromatic carboxylic acids is 1. The molecule has 0 radical (unpaired) electrons. The SMILES string of the molecule is O=C(CNc1ccccc1)N/N=C\c1ccc(-c2ccc(Cl)c(C(=O)O)c2)o1. The quantitative estimate of drug-likeness (QED) is 0.415. The molecule has 0 aliphatic heterocycles. The van der Waals surface area contributed by atoms with Gasteiger partial charge in [-0.25, -0.2) is 10.2 Å². The van der Waals surface area contributed by atoms with Crippen molar-refractivity contribution in [3.8, 4) is 11.3 Å². The van der Waals surface area contributed by atoms with E-state index in [0.717, 1.165) is 5.69 Å². The number of carbonyl (C=O) groups excluding carboxylic acids is 1. The lowest BCUT2D eigenvalue weighted by Crippen LogP contribution is -2.25. The highest BCUT2D eigenvalue weighted by molar-refractivity contribution is 6.33. The highest BCUT2D eigenvalue weighted by Crippen LogP contribution is 2.26. The molecule has 1 amide bonds. The lowest BCUT2D eigenvalue weighted by atomic mass is 10.1. The highest BCUT2D eigenvalue weighted by Gasteiger charge is 2.12. The molecule has 0 spiro atoms. The number of nitrogens with zero attached hydrogens (tertiary/aromatic N) is 1. The smallest absolute Gasteiger partial charge is 0.337 e. The van der Waals surface area contributed by atoms with Gasteiger partial charge in [-0.3, -0.25) is 4.79 Å². The molecule has 3 aromatic rings. The number of nitrogens with one attached hydrogen (secondary N) is 2. The molecule has 0 atom stereocenters. The van der Waals surface area contributed by atoms with Crippen molar-refractivity contribution < 1.29 is 19.1 Å². The Morgan fingerprint density at radius 3 is 2.64 bits per heavy atom. The van der Waals surface area contributed by atoms with Gasteiger partial charge in [0.05, 0.1) is 23.3 Å². The maximum Gasteiger partial charge on any atom is 0.337 e. The number of carboxylic acids is 1. The molecule has 0 bridgehead atoms. The van der Waals surface area contributed by atoms with Gasteiger partial charge in [0.1, 0.15) is 11.5 Å². The average Bonchev–Trinajstić information content (AvgIpc) is 3.16. The van der Waals surface area contributed by atoms with E-state index < -0.39 is 5.97 Å². The van der Waals surface area contributed by atoms with E-state index in [1.807, 2.05) is 30.3 Å². The summed E-state index contributed by atoms with van der Waals surface area (Å²) < 4.78 is 5.60. The fraction of sp³-hybridized carbons (Fsp3) is 0.0500. The zero-order chi connectivity index (χ0) is 19.9. The molecule has 7 nitrogen and oxygen atoms in total. The summed E-state index contributed by atoms with van der Waals surface area (Å²) in [4.78, 5) is 23.0. The Hall–Kier alpha value is -3.58. The molecular weight excluding hydrogens is 382 g/mol. The molecule has 3 N–H and O–H groups in total. The first-order valence-corrected chi connectivity index (χ1v) is 8.64. The monoisotopic (exact) mass is 397 g/mol. The van der Waals surface area contributed by atoms with E-state index in [4.69, 9.17) is 21.1 Å². The minimum absolute atomic E-state index is 0.0102. The van der Waals surface area contributed by atoms with Gasteiger partial charge in [0.15, 0.2) is 0 Å². The van der Waals surface area contributed by atoms with Crippen LogP contribution in [0.3, 0.4) is 0 Å². The second-order valence-electron chi connectivity index (χ2n) is 5.71. The van der Waals surface area contributed by atoms with Crippen molar-refractivity contribution in [2.75, 3.05) is 11.9 Å². The predicted molar refractivity (Wildman–Crippen MR) is 107 cm³/mol. The minimum Gasteiger partial charge on any atom is -0.478 e. The number of anilines is 1. The number of carboxylic acid groups (broad SMARTS) is 1. The third kappa shape index (κ3) is 4.99. The van der Waals surface area contributed by atoms with Gasteiger partial charge in [0.2, 0.25) is 0 Å². The molecule has 28 heavy (non-hydrogen) atoms. The van der Waals surface area contributed by atoms with E-state index >= 15 is 0 Å². The first kappa shape index (κ1) is 19.2. The molecule has 2 aromatic carbocycles. The van der Waals surface area contributed by atoms with E-state index in [9.17, 15) is 9.59 Å². The summed E-state index contributed by atoms with van der Waals surface area (Å²) in [5.41, 5.74) is 3.79. The second kappa shape index (κ2) is 8.88. The molecule has 0 aliphatic carbocycles. The van der Waals surface area contributed by atoms with Gasteiger partial charge < -0.3 is 14.8 Å². The number of carbonyl (C=O) groups is 2. The number of furan rings is 1. The van der Waals surface area contributed by atoms with Crippen LogP contribution in [-0.2, 0) is 4.79 Å². The molecular formula is C20H16ClN3O4. The van der Waals surface area contributed by atoms with Gasteiger partial charge >= 0.3 is 5.97 Å². The van der Waals surface area contributed by atoms with E-state index in [0.29, 0.717) is 17.1 Å². The van der Waals surface area contributed by atoms with Gasteiger partial charge in [0.25, 0.3) is 5.91 Å². The molecule has 0 saturated heterocycles. The van der Waals surface area contributed by atoms with Gasteiger partial charge in [0, 0.05) is 11.3 Å². The average molecular weight is 398 g/mol. The number of benzene rings is 2. The van der Waals surface area contributed by atoms with Crippen molar-refractivity contribution in [2.45, 2.75) is 0 Å². The molecule has 0 unspecified atom stereocenters. The molecule has 0 fully saturated rings. The normalized spacial score (nSPS) is 10.8. The summed E-state index contributed by atoms with van der Waals surface area (Å²) >= 11 is 5.87.